The van der Waals surface area contributed by atoms with Gasteiger partial charge in [-0.3, -0.25) is 4.79 Å². The van der Waals surface area contributed by atoms with Crippen molar-refractivity contribution in [3.8, 4) is 0 Å². The summed E-state index contributed by atoms with van der Waals surface area (Å²) in [4.78, 5) is 16.4. The molecule has 0 saturated heterocycles. The van der Waals surface area contributed by atoms with E-state index in [1.165, 1.54) is 11.1 Å². The van der Waals surface area contributed by atoms with Gasteiger partial charge in [0.15, 0.2) is 0 Å². The summed E-state index contributed by atoms with van der Waals surface area (Å²) in [5.41, 5.74) is 3.73. The van der Waals surface area contributed by atoms with Crippen molar-refractivity contribution in [3.05, 3.63) is 95.8 Å². The second-order valence-electron chi connectivity index (χ2n) is 5.76. The fraction of sp³-hybridized carbons (Fsp3) is 0.143. The van der Waals surface area contributed by atoms with Crippen LogP contribution in [-0.2, 0) is 13.0 Å². The van der Waals surface area contributed by atoms with Crippen LogP contribution < -0.4 is 10.6 Å². The van der Waals surface area contributed by atoms with Gasteiger partial charge in [-0.2, -0.15) is 0 Å². The van der Waals surface area contributed by atoms with Gasteiger partial charge in [0.05, 0.1) is 11.9 Å². The van der Waals surface area contributed by atoms with Crippen LogP contribution in [0.3, 0.4) is 0 Å². The molecule has 0 aliphatic heterocycles. The Balaban J connectivity index is 1.47. The lowest BCUT2D eigenvalue weighted by atomic mass is 10.1. The number of pyridine rings is 1. The molecule has 25 heavy (non-hydrogen) atoms. The van der Waals surface area contributed by atoms with Crippen molar-refractivity contribution in [1.82, 2.24) is 10.3 Å². The minimum Gasteiger partial charge on any atom is -0.380 e. The zero-order valence-electron chi connectivity index (χ0n) is 14.0. The molecule has 1 heterocycles. The van der Waals surface area contributed by atoms with Gasteiger partial charge in [-0.1, -0.05) is 60.7 Å². The molecule has 126 valence electrons. The van der Waals surface area contributed by atoms with Crippen molar-refractivity contribution in [2.24, 2.45) is 0 Å². The third-order valence-electron chi connectivity index (χ3n) is 3.88. The smallest absolute Gasteiger partial charge is 0.269 e. The highest BCUT2D eigenvalue weighted by atomic mass is 16.1. The predicted molar refractivity (Wildman–Crippen MR) is 100 cm³/mol. The van der Waals surface area contributed by atoms with E-state index < -0.39 is 0 Å². The lowest BCUT2D eigenvalue weighted by Gasteiger charge is -2.08. The van der Waals surface area contributed by atoms with E-state index in [0.29, 0.717) is 12.2 Å². The maximum absolute atomic E-state index is 12.1. The van der Waals surface area contributed by atoms with Crippen molar-refractivity contribution in [2.45, 2.75) is 13.0 Å². The van der Waals surface area contributed by atoms with Gasteiger partial charge in [-0.25, -0.2) is 4.98 Å². The first-order valence-corrected chi connectivity index (χ1v) is 8.37. The fourth-order valence-electron chi connectivity index (χ4n) is 2.49. The number of nitrogens with zero attached hydrogens (tertiary/aromatic N) is 1. The standard InChI is InChI=1S/C21H21N3O/c25-21(22-14-13-17-7-3-1-4-8-17)20-12-11-19(16-24-20)23-15-18-9-5-2-6-10-18/h1-12,16,23H,13-15H2,(H,22,25). The predicted octanol–water partition coefficient (Wildman–Crippen LogP) is 3.67. The lowest BCUT2D eigenvalue weighted by Crippen LogP contribution is -2.26. The van der Waals surface area contributed by atoms with Crippen molar-refractivity contribution >= 4 is 11.6 Å². The van der Waals surface area contributed by atoms with E-state index in [2.05, 4.69) is 39.9 Å². The Morgan fingerprint density at radius 3 is 2.16 bits per heavy atom. The molecule has 0 saturated carbocycles. The average molecular weight is 331 g/mol. The van der Waals surface area contributed by atoms with Crippen LogP contribution in [0.5, 0.6) is 0 Å². The molecule has 0 fully saturated rings. The topological polar surface area (TPSA) is 54.0 Å². The number of carbonyl (C=O) groups is 1. The largest absolute Gasteiger partial charge is 0.380 e. The number of hydrogen-bond donors (Lipinski definition) is 2. The zero-order valence-corrected chi connectivity index (χ0v) is 14.0. The van der Waals surface area contributed by atoms with Crippen LogP contribution in [0.1, 0.15) is 21.6 Å². The summed E-state index contributed by atoms with van der Waals surface area (Å²) in [5.74, 6) is -0.148. The van der Waals surface area contributed by atoms with E-state index in [0.717, 1.165) is 18.7 Å². The Bertz CT molecular complexity index is 786. The van der Waals surface area contributed by atoms with E-state index >= 15 is 0 Å². The molecular weight excluding hydrogens is 310 g/mol. The Hall–Kier alpha value is -3.14. The molecule has 0 aliphatic carbocycles. The average Bonchev–Trinajstić information content (AvgIpc) is 2.68. The molecule has 0 radical (unpaired) electrons. The maximum Gasteiger partial charge on any atom is 0.269 e. The molecule has 1 aromatic heterocycles. The minimum atomic E-state index is -0.148. The Morgan fingerprint density at radius 1 is 0.840 bits per heavy atom. The van der Waals surface area contributed by atoms with Gasteiger partial charge in [-0.05, 0) is 29.7 Å². The normalized spacial score (nSPS) is 10.2. The lowest BCUT2D eigenvalue weighted by molar-refractivity contribution is 0.0949. The molecule has 3 rings (SSSR count). The Morgan fingerprint density at radius 2 is 1.52 bits per heavy atom. The second-order valence-corrected chi connectivity index (χ2v) is 5.76. The molecule has 0 spiro atoms. The van der Waals surface area contributed by atoms with E-state index in [-0.39, 0.29) is 5.91 Å². The Kier molecular flexibility index (Phi) is 5.77. The van der Waals surface area contributed by atoms with Gasteiger partial charge in [0.1, 0.15) is 5.69 Å². The summed E-state index contributed by atoms with van der Waals surface area (Å²) < 4.78 is 0. The van der Waals surface area contributed by atoms with Gasteiger partial charge in [0.2, 0.25) is 0 Å². The van der Waals surface area contributed by atoms with Crippen LogP contribution in [-0.4, -0.2) is 17.4 Å². The molecule has 4 heteroatoms. The second kappa shape index (κ2) is 8.64. The molecule has 0 bridgehead atoms. The van der Waals surface area contributed by atoms with Gasteiger partial charge in [-0.15, -0.1) is 0 Å². The van der Waals surface area contributed by atoms with Gasteiger partial charge >= 0.3 is 0 Å². The number of benzene rings is 2. The SMILES string of the molecule is O=C(NCCc1ccccc1)c1ccc(NCc2ccccc2)cn1. The van der Waals surface area contributed by atoms with Crippen molar-refractivity contribution in [2.75, 3.05) is 11.9 Å². The summed E-state index contributed by atoms with van der Waals surface area (Å²) in [6, 6.07) is 23.9. The van der Waals surface area contributed by atoms with E-state index in [9.17, 15) is 4.79 Å². The molecule has 2 N–H and O–H groups in total. The molecule has 1 amide bonds. The first-order valence-electron chi connectivity index (χ1n) is 8.37. The molecule has 4 nitrogen and oxygen atoms in total. The third kappa shape index (κ3) is 5.18. The summed E-state index contributed by atoms with van der Waals surface area (Å²) in [7, 11) is 0. The summed E-state index contributed by atoms with van der Waals surface area (Å²) in [6.45, 7) is 1.32. The molecule has 0 atom stereocenters. The summed E-state index contributed by atoms with van der Waals surface area (Å²) in [5, 5.41) is 6.20. The fourth-order valence-corrected chi connectivity index (χ4v) is 2.49. The third-order valence-corrected chi connectivity index (χ3v) is 3.88. The van der Waals surface area contributed by atoms with Gasteiger partial charge in [0, 0.05) is 13.1 Å². The quantitative estimate of drug-likeness (QED) is 0.694. The van der Waals surface area contributed by atoms with Crippen LogP contribution in [0.4, 0.5) is 5.69 Å². The minimum absolute atomic E-state index is 0.148. The van der Waals surface area contributed by atoms with Crippen LogP contribution in [0.15, 0.2) is 79.0 Å². The molecule has 0 aliphatic rings. The van der Waals surface area contributed by atoms with Crippen molar-refractivity contribution in [1.29, 1.82) is 0 Å². The van der Waals surface area contributed by atoms with Crippen LogP contribution in [0.25, 0.3) is 0 Å². The number of anilines is 1. The number of carbonyl (C=O) groups excluding carboxylic acids is 1. The Labute approximate surface area is 147 Å². The van der Waals surface area contributed by atoms with Gasteiger partial charge < -0.3 is 10.6 Å². The maximum atomic E-state index is 12.1. The van der Waals surface area contributed by atoms with Crippen LogP contribution in [0.2, 0.25) is 0 Å². The highest BCUT2D eigenvalue weighted by Crippen LogP contribution is 2.09. The number of nitrogens with one attached hydrogen (secondary N) is 2. The van der Waals surface area contributed by atoms with E-state index in [1.807, 2.05) is 42.5 Å². The van der Waals surface area contributed by atoms with Crippen LogP contribution >= 0.6 is 0 Å². The van der Waals surface area contributed by atoms with Gasteiger partial charge in [0.25, 0.3) is 5.91 Å². The molecular formula is C21H21N3O. The molecule has 0 unspecified atom stereocenters. The van der Waals surface area contributed by atoms with Crippen LogP contribution in [0, 0.1) is 0 Å². The summed E-state index contributed by atoms with van der Waals surface area (Å²) in [6.07, 6.45) is 2.50. The molecule has 3 aromatic rings. The highest BCUT2D eigenvalue weighted by Gasteiger charge is 2.06. The number of hydrogen-bond acceptors (Lipinski definition) is 3. The van der Waals surface area contributed by atoms with E-state index in [1.54, 1.807) is 12.3 Å². The van der Waals surface area contributed by atoms with Crippen molar-refractivity contribution in [3.63, 3.8) is 0 Å². The number of rotatable bonds is 7. The number of amides is 1. The van der Waals surface area contributed by atoms with E-state index in [4.69, 9.17) is 0 Å². The first kappa shape index (κ1) is 16.7. The summed E-state index contributed by atoms with van der Waals surface area (Å²) >= 11 is 0. The highest BCUT2D eigenvalue weighted by molar-refractivity contribution is 5.92. The first-order chi connectivity index (χ1) is 12.3. The number of aromatic nitrogens is 1. The monoisotopic (exact) mass is 331 g/mol. The van der Waals surface area contributed by atoms with Crippen molar-refractivity contribution < 1.29 is 4.79 Å². The zero-order chi connectivity index (χ0) is 17.3. The molecule has 2 aromatic carbocycles.